The zero-order chi connectivity index (χ0) is 18.8. The van der Waals surface area contributed by atoms with Gasteiger partial charge in [-0.3, -0.25) is 14.2 Å². The number of fused-ring (bicyclic) bond motifs is 1. The quantitative estimate of drug-likeness (QED) is 0.703. The van der Waals surface area contributed by atoms with Gasteiger partial charge < -0.3 is 9.42 Å². The first-order valence-electron chi connectivity index (χ1n) is 8.69. The van der Waals surface area contributed by atoms with Gasteiger partial charge in [0.25, 0.3) is 11.3 Å². The lowest BCUT2D eigenvalue weighted by molar-refractivity contribution is -0.121. The van der Waals surface area contributed by atoms with Crippen molar-refractivity contribution in [3.63, 3.8) is 0 Å². The summed E-state index contributed by atoms with van der Waals surface area (Å²) in [7, 11) is 0. The number of nitrogens with zero attached hydrogens (tertiary/aromatic N) is 4. The highest BCUT2D eigenvalue weighted by molar-refractivity contribution is 5.96. The van der Waals surface area contributed by atoms with Crippen molar-refractivity contribution in [2.75, 3.05) is 11.4 Å². The van der Waals surface area contributed by atoms with E-state index in [1.54, 1.807) is 11.8 Å². The lowest BCUT2D eigenvalue weighted by Crippen LogP contribution is -2.40. The zero-order valence-electron chi connectivity index (χ0n) is 15.4. The Morgan fingerprint density at radius 3 is 2.73 bits per heavy atom. The number of hydrogen-bond donors (Lipinski definition) is 0. The van der Waals surface area contributed by atoms with E-state index in [1.807, 2.05) is 45.0 Å². The first-order chi connectivity index (χ1) is 12.5. The molecule has 0 bridgehead atoms. The summed E-state index contributed by atoms with van der Waals surface area (Å²) in [5, 5.41) is 4.11. The Morgan fingerprint density at radius 1 is 1.31 bits per heavy atom. The fourth-order valence-corrected chi connectivity index (χ4v) is 3.14. The van der Waals surface area contributed by atoms with Crippen LogP contribution in [-0.2, 0) is 4.79 Å². The van der Waals surface area contributed by atoms with Gasteiger partial charge in [-0.25, -0.2) is 4.98 Å². The van der Waals surface area contributed by atoms with Gasteiger partial charge in [0.1, 0.15) is 17.8 Å². The van der Waals surface area contributed by atoms with E-state index in [-0.39, 0.29) is 17.2 Å². The van der Waals surface area contributed by atoms with E-state index in [1.165, 1.54) is 10.9 Å². The lowest BCUT2D eigenvalue weighted by atomic mass is 10.1. The molecule has 0 saturated carbocycles. The molecule has 7 heteroatoms. The normalized spacial score (nSPS) is 12.3. The Bertz CT molecular complexity index is 1010. The Morgan fingerprint density at radius 2 is 2.08 bits per heavy atom. The summed E-state index contributed by atoms with van der Waals surface area (Å²) in [5.74, 6) is -0.141. The van der Waals surface area contributed by atoms with E-state index in [0.717, 1.165) is 11.3 Å². The Labute approximate surface area is 151 Å². The number of aryl methyl sites for hydroxylation is 2. The van der Waals surface area contributed by atoms with Gasteiger partial charge in [-0.2, -0.15) is 0 Å². The third kappa shape index (κ3) is 3.00. The van der Waals surface area contributed by atoms with Crippen molar-refractivity contribution in [3.8, 4) is 0 Å². The molecule has 1 aromatic carbocycles. The Hall–Kier alpha value is -2.96. The van der Waals surface area contributed by atoms with Crippen LogP contribution < -0.4 is 10.5 Å². The summed E-state index contributed by atoms with van der Waals surface area (Å²) in [5.41, 5.74) is 2.24. The van der Waals surface area contributed by atoms with Gasteiger partial charge in [-0.1, -0.05) is 24.2 Å². The second kappa shape index (κ2) is 7.11. The van der Waals surface area contributed by atoms with Crippen LogP contribution in [0.1, 0.15) is 37.6 Å². The van der Waals surface area contributed by atoms with Crippen molar-refractivity contribution in [1.29, 1.82) is 0 Å². The molecule has 0 aliphatic carbocycles. The topological polar surface area (TPSA) is 81.2 Å². The van der Waals surface area contributed by atoms with Crippen LogP contribution in [0.5, 0.6) is 0 Å². The minimum atomic E-state index is -0.644. The number of anilines is 1. The summed E-state index contributed by atoms with van der Waals surface area (Å²) in [4.78, 5) is 31.9. The smallest absolute Gasteiger partial charge is 0.267 e. The molecule has 2 heterocycles. The van der Waals surface area contributed by atoms with Crippen molar-refractivity contribution in [1.82, 2.24) is 14.7 Å². The first-order valence-corrected chi connectivity index (χ1v) is 8.69. The maximum Gasteiger partial charge on any atom is 0.267 e. The van der Waals surface area contributed by atoms with Crippen LogP contribution in [0.15, 0.2) is 39.9 Å². The van der Waals surface area contributed by atoms with Crippen LogP contribution in [0.2, 0.25) is 0 Å². The summed E-state index contributed by atoms with van der Waals surface area (Å²) < 4.78 is 6.42. The molecule has 136 valence electrons. The maximum atomic E-state index is 13.2. The summed E-state index contributed by atoms with van der Waals surface area (Å²) in [6, 6.07) is 7.12. The predicted octanol–water partition coefficient (Wildman–Crippen LogP) is 3.01. The van der Waals surface area contributed by atoms with E-state index in [9.17, 15) is 9.59 Å². The van der Waals surface area contributed by atoms with Gasteiger partial charge in [-0.05, 0) is 44.9 Å². The van der Waals surface area contributed by atoms with E-state index in [0.29, 0.717) is 24.0 Å². The molecule has 0 N–H and O–H groups in total. The molecule has 2 aromatic heterocycles. The highest BCUT2D eigenvalue weighted by atomic mass is 16.5. The van der Waals surface area contributed by atoms with Crippen LogP contribution in [-0.4, -0.2) is 27.2 Å². The molecule has 0 aliphatic heterocycles. The number of carbonyl (C=O) groups excluding carboxylic acids is 1. The number of amides is 1. The van der Waals surface area contributed by atoms with Crippen LogP contribution in [0.3, 0.4) is 0 Å². The third-order valence-electron chi connectivity index (χ3n) is 4.50. The average molecular weight is 354 g/mol. The van der Waals surface area contributed by atoms with Crippen molar-refractivity contribution in [2.45, 2.75) is 40.2 Å². The molecular weight excluding hydrogens is 332 g/mol. The number of likely N-dealkylation sites (N-methyl/N-ethyl adjacent to an activating group) is 1. The second-order valence-corrected chi connectivity index (χ2v) is 6.25. The molecule has 0 radical (unpaired) electrons. The highest BCUT2D eigenvalue weighted by Gasteiger charge is 2.27. The third-order valence-corrected chi connectivity index (χ3v) is 4.50. The molecule has 0 aliphatic rings. The minimum absolute atomic E-state index is 0.141. The van der Waals surface area contributed by atoms with Crippen molar-refractivity contribution < 1.29 is 9.32 Å². The molecule has 7 nitrogen and oxygen atoms in total. The van der Waals surface area contributed by atoms with Gasteiger partial charge in [0.2, 0.25) is 5.91 Å². The minimum Gasteiger partial charge on any atom is -0.335 e. The molecule has 0 fully saturated rings. The second-order valence-electron chi connectivity index (χ2n) is 6.25. The first kappa shape index (κ1) is 17.8. The largest absolute Gasteiger partial charge is 0.335 e. The Kier molecular flexibility index (Phi) is 4.88. The average Bonchev–Trinajstić information content (AvgIpc) is 3.00. The number of hydrogen-bond acceptors (Lipinski definition) is 5. The summed E-state index contributed by atoms with van der Waals surface area (Å²) >= 11 is 0. The van der Waals surface area contributed by atoms with Crippen molar-refractivity contribution in [2.24, 2.45) is 0 Å². The molecule has 1 amide bonds. The molecule has 0 saturated heterocycles. The van der Waals surface area contributed by atoms with Gasteiger partial charge in [0, 0.05) is 12.2 Å². The predicted molar refractivity (Wildman–Crippen MR) is 99.3 cm³/mol. The number of aromatic nitrogens is 3. The van der Waals surface area contributed by atoms with Gasteiger partial charge in [0.05, 0.1) is 5.69 Å². The van der Waals surface area contributed by atoms with Gasteiger partial charge in [-0.15, -0.1) is 0 Å². The van der Waals surface area contributed by atoms with E-state index < -0.39 is 6.04 Å². The summed E-state index contributed by atoms with van der Waals surface area (Å²) in [6.45, 7) is 7.98. The summed E-state index contributed by atoms with van der Waals surface area (Å²) in [6.07, 6.45) is 1.84. The number of benzene rings is 1. The lowest BCUT2D eigenvalue weighted by Gasteiger charge is -2.27. The molecule has 0 unspecified atom stereocenters. The van der Waals surface area contributed by atoms with Crippen LogP contribution in [0, 0.1) is 13.8 Å². The van der Waals surface area contributed by atoms with Crippen LogP contribution in [0.4, 0.5) is 5.69 Å². The molecule has 1 atom stereocenters. The number of rotatable bonds is 5. The highest BCUT2D eigenvalue weighted by Crippen LogP contribution is 2.22. The fraction of sp³-hybridized carbons (Fsp3) is 0.368. The van der Waals surface area contributed by atoms with Crippen molar-refractivity contribution >= 4 is 22.7 Å². The molecule has 0 spiro atoms. The monoisotopic (exact) mass is 354 g/mol. The van der Waals surface area contributed by atoms with Crippen molar-refractivity contribution in [3.05, 3.63) is 52.2 Å². The van der Waals surface area contributed by atoms with Gasteiger partial charge >= 0.3 is 0 Å². The molecule has 26 heavy (non-hydrogen) atoms. The van der Waals surface area contributed by atoms with Crippen LogP contribution in [0.25, 0.3) is 11.1 Å². The Balaban J connectivity index is 2.05. The van der Waals surface area contributed by atoms with E-state index >= 15 is 0 Å². The van der Waals surface area contributed by atoms with E-state index in [2.05, 4.69) is 10.1 Å². The molecular formula is C19H22N4O3. The maximum absolute atomic E-state index is 13.2. The standard InChI is InChI=1S/C19H22N4O3/c1-5-15(18(24)22(6-2)14-9-7-8-12(3)10-14)23-11-20-17-16(19(23)25)13(4)21-26-17/h7-11,15H,5-6H2,1-4H3/t15-/m1/s1. The molecule has 3 aromatic rings. The van der Waals surface area contributed by atoms with E-state index in [4.69, 9.17) is 4.52 Å². The SMILES string of the molecule is CC[C@H](C(=O)N(CC)c1cccc(C)c1)n1cnc2onc(C)c2c1=O. The number of carbonyl (C=O) groups is 1. The fourth-order valence-electron chi connectivity index (χ4n) is 3.14. The zero-order valence-corrected chi connectivity index (χ0v) is 15.4. The van der Waals surface area contributed by atoms with Gasteiger partial charge in [0.15, 0.2) is 0 Å². The van der Waals surface area contributed by atoms with Crippen LogP contribution >= 0.6 is 0 Å². The molecule has 3 rings (SSSR count).